The van der Waals surface area contributed by atoms with Crippen LogP contribution in [0.5, 0.6) is 0 Å². The molecule has 0 spiro atoms. The Kier molecular flexibility index (Phi) is 7.70. The van der Waals surface area contributed by atoms with Gasteiger partial charge in [0.1, 0.15) is 0 Å². The van der Waals surface area contributed by atoms with Crippen LogP contribution in [0.15, 0.2) is 4.99 Å². The van der Waals surface area contributed by atoms with Crippen LogP contribution in [0.1, 0.15) is 34.1 Å². The molecule has 0 unspecified atom stereocenters. The lowest BCUT2D eigenvalue weighted by atomic mass is 10.3. The summed E-state index contributed by atoms with van der Waals surface area (Å²) in [6.45, 7) is 11.7. The molecule has 1 aliphatic rings. The first-order chi connectivity index (χ1) is 10.4. The quantitative estimate of drug-likeness (QED) is 0.555. The van der Waals surface area contributed by atoms with Crippen molar-refractivity contribution < 1.29 is 9.59 Å². The molecular weight excluding hydrogens is 282 g/mol. The van der Waals surface area contributed by atoms with Crippen LogP contribution in [0.4, 0.5) is 0 Å². The number of nitrogens with one attached hydrogen (secondary N) is 2. The van der Waals surface area contributed by atoms with E-state index < -0.39 is 0 Å². The van der Waals surface area contributed by atoms with Gasteiger partial charge in [0, 0.05) is 52.1 Å². The Morgan fingerprint density at radius 1 is 1.14 bits per heavy atom. The topological polar surface area (TPSA) is 77.0 Å². The molecule has 1 fully saturated rings. The van der Waals surface area contributed by atoms with Crippen molar-refractivity contribution in [2.75, 3.05) is 39.3 Å². The smallest absolute Gasteiger partial charge is 0.222 e. The van der Waals surface area contributed by atoms with Crippen LogP contribution in [0, 0.1) is 0 Å². The Morgan fingerprint density at radius 2 is 1.73 bits per heavy atom. The molecule has 0 aromatic carbocycles. The molecular formula is C15H29N5O2. The highest BCUT2D eigenvalue weighted by Crippen LogP contribution is 2.03. The first-order valence-corrected chi connectivity index (χ1v) is 8.02. The molecule has 1 rings (SSSR count). The molecule has 0 aromatic rings. The van der Waals surface area contributed by atoms with E-state index in [1.54, 1.807) is 6.92 Å². The van der Waals surface area contributed by atoms with Crippen LogP contribution in [-0.4, -0.2) is 72.9 Å². The molecule has 7 nitrogen and oxygen atoms in total. The fourth-order valence-electron chi connectivity index (χ4n) is 2.32. The van der Waals surface area contributed by atoms with Gasteiger partial charge in [0.25, 0.3) is 0 Å². The van der Waals surface area contributed by atoms with E-state index in [4.69, 9.17) is 0 Å². The van der Waals surface area contributed by atoms with Crippen molar-refractivity contribution in [3.05, 3.63) is 0 Å². The first-order valence-electron chi connectivity index (χ1n) is 8.02. The van der Waals surface area contributed by atoms with Crippen molar-refractivity contribution in [1.29, 1.82) is 0 Å². The number of guanidine groups is 1. The summed E-state index contributed by atoms with van der Waals surface area (Å²) in [5.41, 5.74) is 0. The van der Waals surface area contributed by atoms with E-state index in [0.717, 1.165) is 25.6 Å². The van der Waals surface area contributed by atoms with E-state index >= 15 is 0 Å². The molecule has 22 heavy (non-hydrogen) atoms. The zero-order valence-electron chi connectivity index (χ0n) is 14.2. The minimum Gasteiger partial charge on any atom is -0.357 e. The number of aliphatic imine (C=N–C) groups is 1. The van der Waals surface area contributed by atoms with Crippen LogP contribution < -0.4 is 10.6 Å². The van der Waals surface area contributed by atoms with Crippen LogP contribution in [0.2, 0.25) is 0 Å². The minimum absolute atomic E-state index is 0.0241. The molecule has 1 aliphatic heterocycles. The Bertz CT molecular complexity index is 401. The largest absolute Gasteiger partial charge is 0.357 e. The second-order valence-corrected chi connectivity index (χ2v) is 5.70. The third-order valence-corrected chi connectivity index (χ3v) is 3.41. The molecule has 1 saturated heterocycles. The predicted octanol–water partition coefficient (Wildman–Crippen LogP) is 0.0307. The maximum Gasteiger partial charge on any atom is 0.222 e. The molecule has 0 atom stereocenters. The average molecular weight is 311 g/mol. The van der Waals surface area contributed by atoms with E-state index in [9.17, 15) is 9.59 Å². The van der Waals surface area contributed by atoms with Gasteiger partial charge in [-0.05, 0) is 20.8 Å². The third kappa shape index (κ3) is 6.32. The molecule has 126 valence electrons. The summed E-state index contributed by atoms with van der Waals surface area (Å²) in [6.07, 6.45) is 0.389. The van der Waals surface area contributed by atoms with Gasteiger partial charge in [0.05, 0.1) is 6.54 Å². The highest BCUT2D eigenvalue weighted by molar-refractivity contribution is 5.81. The molecule has 2 amide bonds. The Labute approximate surface area is 133 Å². The van der Waals surface area contributed by atoms with E-state index in [-0.39, 0.29) is 17.9 Å². The van der Waals surface area contributed by atoms with E-state index in [1.807, 2.05) is 25.7 Å². The summed E-state index contributed by atoms with van der Waals surface area (Å²) < 4.78 is 0. The molecule has 0 saturated carbocycles. The van der Waals surface area contributed by atoms with Crippen LogP contribution in [0.25, 0.3) is 0 Å². The van der Waals surface area contributed by atoms with Gasteiger partial charge < -0.3 is 20.4 Å². The van der Waals surface area contributed by atoms with Crippen molar-refractivity contribution in [2.45, 2.75) is 40.2 Å². The van der Waals surface area contributed by atoms with Gasteiger partial charge in [-0.3, -0.25) is 14.6 Å². The number of rotatable bonds is 5. The van der Waals surface area contributed by atoms with Crippen molar-refractivity contribution in [1.82, 2.24) is 20.4 Å². The number of hydrogen-bond donors (Lipinski definition) is 2. The highest BCUT2D eigenvalue weighted by atomic mass is 16.2. The molecule has 0 radical (unpaired) electrons. The van der Waals surface area contributed by atoms with E-state index in [1.165, 1.54) is 0 Å². The highest BCUT2D eigenvalue weighted by Gasteiger charge is 2.20. The van der Waals surface area contributed by atoms with Gasteiger partial charge in [-0.1, -0.05) is 0 Å². The number of carbonyl (C=O) groups excluding carboxylic acids is 2. The second kappa shape index (κ2) is 9.27. The third-order valence-electron chi connectivity index (χ3n) is 3.41. The standard InChI is InChI=1S/C15H29N5O2/c1-5-16-15(17-7-6-14(22)18-12(2)3)20-10-8-19(9-11-20)13(4)21/h12H,5-11H2,1-4H3,(H,16,17)(H,18,22). The fraction of sp³-hybridized carbons (Fsp3) is 0.800. The number of hydrogen-bond acceptors (Lipinski definition) is 3. The lowest BCUT2D eigenvalue weighted by Gasteiger charge is -2.36. The summed E-state index contributed by atoms with van der Waals surface area (Å²) in [5, 5.41) is 6.11. The molecule has 1 heterocycles. The number of piperazine rings is 1. The van der Waals surface area contributed by atoms with Crippen LogP contribution >= 0.6 is 0 Å². The van der Waals surface area contributed by atoms with E-state index in [2.05, 4.69) is 20.5 Å². The lowest BCUT2D eigenvalue weighted by molar-refractivity contribution is -0.130. The average Bonchev–Trinajstić information content (AvgIpc) is 2.45. The van der Waals surface area contributed by atoms with Gasteiger partial charge >= 0.3 is 0 Å². The first kappa shape index (κ1) is 18.3. The molecule has 0 bridgehead atoms. The summed E-state index contributed by atoms with van der Waals surface area (Å²) in [6, 6.07) is 0.157. The number of amides is 2. The Morgan fingerprint density at radius 3 is 2.23 bits per heavy atom. The Balaban J connectivity index is 2.49. The van der Waals surface area contributed by atoms with Crippen molar-refractivity contribution in [3.8, 4) is 0 Å². The molecule has 7 heteroatoms. The monoisotopic (exact) mass is 311 g/mol. The van der Waals surface area contributed by atoms with Crippen molar-refractivity contribution in [2.24, 2.45) is 4.99 Å². The van der Waals surface area contributed by atoms with Crippen LogP contribution in [0.3, 0.4) is 0 Å². The predicted molar refractivity (Wildman–Crippen MR) is 87.7 cm³/mol. The minimum atomic E-state index is 0.0241. The van der Waals surface area contributed by atoms with Gasteiger partial charge in [0.15, 0.2) is 5.96 Å². The van der Waals surface area contributed by atoms with Gasteiger partial charge in [-0.2, -0.15) is 0 Å². The summed E-state index contributed by atoms with van der Waals surface area (Å²) in [4.78, 5) is 31.5. The van der Waals surface area contributed by atoms with Crippen LogP contribution in [-0.2, 0) is 9.59 Å². The maximum absolute atomic E-state index is 11.6. The zero-order chi connectivity index (χ0) is 16.5. The summed E-state index contributed by atoms with van der Waals surface area (Å²) in [7, 11) is 0. The summed E-state index contributed by atoms with van der Waals surface area (Å²) >= 11 is 0. The zero-order valence-corrected chi connectivity index (χ0v) is 14.2. The number of nitrogens with zero attached hydrogens (tertiary/aromatic N) is 3. The van der Waals surface area contributed by atoms with Gasteiger partial charge in [-0.15, -0.1) is 0 Å². The fourth-order valence-corrected chi connectivity index (χ4v) is 2.32. The SMILES string of the molecule is CCNC(=NCCC(=O)NC(C)C)N1CCN(C(C)=O)CC1. The van der Waals surface area contributed by atoms with Gasteiger partial charge in [0.2, 0.25) is 11.8 Å². The lowest BCUT2D eigenvalue weighted by Crippen LogP contribution is -2.53. The normalized spacial score (nSPS) is 16.0. The van der Waals surface area contributed by atoms with Crippen molar-refractivity contribution in [3.63, 3.8) is 0 Å². The van der Waals surface area contributed by atoms with E-state index in [0.29, 0.717) is 26.1 Å². The second-order valence-electron chi connectivity index (χ2n) is 5.70. The van der Waals surface area contributed by atoms with Crippen molar-refractivity contribution >= 4 is 17.8 Å². The van der Waals surface area contributed by atoms with Gasteiger partial charge in [-0.25, -0.2) is 0 Å². The summed E-state index contributed by atoms with van der Waals surface area (Å²) in [5.74, 6) is 0.964. The molecule has 2 N–H and O–H groups in total. The Hall–Kier alpha value is -1.79. The maximum atomic E-state index is 11.6. The molecule has 0 aliphatic carbocycles. The molecule has 0 aromatic heterocycles. The number of carbonyl (C=O) groups is 2.